The first-order chi connectivity index (χ1) is 13.6. The summed E-state index contributed by atoms with van der Waals surface area (Å²) < 4.78 is 0. The van der Waals surface area contributed by atoms with Crippen LogP contribution in [-0.2, 0) is 16.0 Å². The highest BCUT2D eigenvalue weighted by molar-refractivity contribution is 5.86. The molecule has 0 aliphatic carbocycles. The van der Waals surface area contributed by atoms with Crippen molar-refractivity contribution in [3.05, 3.63) is 35.9 Å². The van der Waals surface area contributed by atoms with Gasteiger partial charge in [0.05, 0.1) is 6.54 Å². The third kappa shape index (κ3) is 4.57. The molecular weight excluding hydrogens is 350 g/mol. The molecule has 3 fully saturated rings. The Kier molecular flexibility index (Phi) is 6.00. The van der Waals surface area contributed by atoms with Gasteiger partial charge in [-0.25, -0.2) is 0 Å². The number of carbonyl (C=O) groups is 2. The molecule has 1 spiro atoms. The highest BCUT2D eigenvalue weighted by Crippen LogP contribution is 2.39. The van der Waals surface area contributed by atoms with Crippen molar-refractivity contribution in [2.24, 2.45) is 5.41 Å². The first-order valence-electron chi connectivity index (χ1n) is 11.0. The van der Waals surface area contributed by atoms with Crippen LogP contribution >= 0.6 is 0 Å². The van der Waals surface area contributed by atoms with Gasteiger partial charge < -0.3 is 14.7 Å². The van der Waals surface area contributed by atoms with Crippen molar-refractivity contribution in [1.82, 2.24) is 14.7 Å². The molecule has 4 rings (SSSR count). The fourth-order valence-corrected chi connectivity index (χ4v) is 5.27. The Hall–Kier alpha value is -1.88. The van der Waals surface area contributed by atoms with E-state index in [0.717, 1.165) is 52.0 Å². The molecule has 1 atom stereocenters. The molecule has 5 heteroatoms. The lowest BCUT2D eigenvalue weighted by Crippen LogP contribution is -2.46. The molecule has 3 saturated heterocycles. The van der Waals surface area contributed by atoms with Crippen LogP contribution in [0.25, 0.3) is 0 Å². The number of likely N-dealkylation sites (tertiary alicyclic amines) is 3. The largest absolute Gasteiger partial charge is 0.341 e. The van der Waals surface area contributed by atoms with Gasteiger partial charge in [0.2, 0.25) is 11.8 Å². The fraction of sp³-hybridized carbons (Fsp3) is 0.652. The molecule has 0 radical (unpaired) electrons. The van der Waals surface area contributed by atoms with Crippen molar-refractivity contribution in [1.29, 1.82) is 0 Å². The highest BCUT2D eigenvalue weighted by atomic mass is 16.2. The van der Waals surface area contributed by atoms with Gasteiger partial charge in [-0.1, -0.05) is 30.3 Å². The SMILES string of the molecule is O=C1CCCN1CC(=O)N1CCC2(CCCN(CCCc3ccccc3)C2)C1. The maximum absolute atomic E-state index is 12.7. The lowest BCUT2D eigenvalue weighted by Gasteiger charge is -2.40. The predicted octanol–water partition coefficient (Wildman–Crippen LogP) is 2.56. The number of benzene rings is 1. The Morgan fingerprint density at radius 3 is 2.64 bits per heavy atom. The Morgan fingerprint density at radius 1 is 1.00 bits per heavy atom. The van der Waals surface area contributed by atoms with Gasteiger partial charge in [0, 0.05) is 38.0 Å². The van der Waals surface area contributed by atoms with E-state index < -0.39 is 0 Å². The zero-order valence-corrected chi connectivity index (χ0v) is 16.9. The van der Waals surface area contributed by atoms with Crippen molar-refractivity contribution < 1.29 is 9.59 Å². The molecule has 1 aromatic rings. The third-order valence-corrected chi connectivity index (χ3v) is 6.81. The molecule has 1 unspecified atom stereocenters. The number of nitrogens with zero attached hydrogens (tertiary/aromatic N) is 3. The molecule has 3 heterocycles. The second-order valence-electron chi connectivity index (χ2n) is 8.95. The molecule has 0 N–H and O–H groups in total. The lowest BCUT2D eigenvalue weighted by molar-refractivity contribution is -0.138. The van der Waals surface area contributed by atoms with Crippen LogP contribution in [0.3, 0.4) is 0 Å². The zero-order valence-electron chi connectivity index (χ0n) is 16.9. The number of rotatable bonds is 6. The Bertz CT molecular complexity index is 692. The fourth-order valence-electron chi connectivity index (χ4n) is 5.27. The summed E-state index contributed by atoms with van der Waals surface area (Å²) in [5.74, 6) is 0.290. The third-order valence-electron chi connectivity index (χ3n) is 6.81. The summed E-state index contributed by atoms with van der Waals surface area (Å²) in [7, 11) is 0. The smallest absolute Gasteiger partial charge is 0.242 e. The van der Waals surface area contributed by atoms with Gasteiger partial charge in [-0.3, -0.25) is 9.59 Å². The van der Waals surface area contributed by atoms with Crippen LogP contribution in [0.1, 0.15) is 44.1 Å². The summed E-state index contributed by atoms with van der Waals surface area (Å²) in [6.07, 6.45) is 7.41. The van der Waals surface area contributed by atoms with Crippen molar-refractivity contribution in [2.45, 2.75) is 44.9 Å². The molecule has 0 bridgehead atoms. The highest BCUT2D eigenvalue weighted by Gasteiger charge is 2.42. The Labute approximate surface area is 168 Å². The zero-order chi connectivity index (χ0) is 19.4. The van der Waals surface area contributed by atoms with Gasteiger partial charge in [0.1, 0.15) is 0 Å². The molecule has 28 heavy (non-hydrogen) atoms. The minimum absolute atomic E-state index is 0.143. The van der Waals surface area contributed by atoms with Crippen molar-refractivity contribution >= 4 is 11.8 Å². The van der Waals surface area contributed by atoms with Crippen LogP contribution in [0, 0.1) is 5.41 Å². The molecule has 3 aliphatic heterocycles. The maximum atomic E-state index is 12.7. The molecule has 0 aromatic heterocycles. The summed E-state index contributed by atoms with van der Waals surface area (Å²) in [6.45, 7) is 6.23. The number of piperidine rings is 1. The standard InChI is InChI=1S/C23H33N3O2/c27-21-10-5-15-25(21)17-22(28)26-16-12-23(19-26)11-6-14-24(18-23)13-4-9-20-7-2-1-3-8-20/h1-3,7-8H,4-6,9-19H2. The molecule has 1 aromatic carbocycles. The van der Waals surface area contributed by atoms with Gasteiger partial charge in [0.15, 0.2) is 0 Å². The normalized spacial score (nSPS) is 25.8. The summed E-state index contributed by atoms with van der Waals surface area (Å²) in [5, 5.41) is 0. The van der Waals surface area contributed by atoms with Gasteiger partial charge in [-0.2, -0.15) is 0 Å². The van der Waals surface area contributed by atoms with Gasteiger partial charge in [-0.05, 0) is 57.2 Å². The molecule has 2 amide bonds. The van der Waals surface area contributed by atoms with Crippen LogP contribution in [-0.4, -0.2) is 72.3 Å². The van der Waals surface area contributed by atoms with E-state index in [1.54, 1.807) is 4.90 Å². The van der Waals surface area contributed by atoms with E-state index in [1.165, 1.54) is 31.4 Å². The first kappa shape index (κ1) is 19.4. The second kappa shape index (κ2) is 8.64. The molecule has 3 aliphatic rings. The van der Waals surface area contributed by atoms with E-state index in [4.69, 9.17) is 0 Å². The van der Waals surface area contributed by atoms with E-state index in [2.05, 4.69) is 35.2 Å². The molecular formula is C23H33N3O2. The Morgan fingerprint density at radius 2 is 1.86 bits per heavy atom. The number of amides is 2. The minimum atomic E-state index is 0.143. The van der Waals surface area contributed by atoms with E-state index >= 15 is 0 Å². The average Bonchev–Trinajstić information content (AvgIpc) is 3.29. The predicted molar refractivity (Wildman–Crippen MR) is 110 cm³/mol. The second-order valence-corrected chi connectivity index (χ2v) is 8.95. The van der Waals surface area contributed by atoms with Gasteiger partial charge in [0.25, 0.3) is 0 Å². The van der Waals surface area contributed by atoms with E-state index in [1.807, 2.05) is 4.90 Å². The molecule has 152 valence electrons. The Balaban J connectivity index is 1.25. The van der Waals surface area contributed by atoms with Crippen LogP contribution in [0.15, 0.2) is 30.3 Å². The summed E-state index contributed by atoms with van der Waals surface area (Å²) in [6, 6.07) is 10.7. The topological polar surface area (TPSA) is 43.9 Å². The van der Waals surface area contributed by atoms with E-state index in [-0.39, 0.29) is 23.8 Å². The number of hydrogen-bond acceptors (Lipinski definition) is 3. The lowest BCUT2D eigenvalue weighted by atomic mass is 9.79. The quantitative estimate of drug-likeness (QED) is 0.758. The van der Waals surface area contributed by atoms with Crippen LogP contribution in [0.5, 0.6) is 0 Å². The average molecular weight is 384 g/mol. The monoisotopic (exact) mass is 383 g/mol. The van der Waals surface area contributed by atoms with E-state index in [9.17, 15) is 9.59 Å². The number of carbonyl (C=O) groups excluding carboxylic acids is 2. The van der Waals surface area contributed by atoms with Crippen molar-refractivity contribution in [3.8, 4) is 0 Å². The summed E-state index contributed by atoms with van der Waals surface area (Å²) >= 11 is 0. The molecule has 5 nitrogen and oxygen atoms in total. The van der Waals surface area contributed by atoms with Crippen LogP contribution < -0.4 is 0 Å². The van der Waals surface area contributed by atoms with Crippen LogP contribution in [0.4, 0.5) is 0 Å². The van der Waals surface area contributed by atoms with E-state index in [0.29, 0.717) is 6.42 Å². The maximum Gasteiger partial charge on any atom is 0.242 e. The summed E-state index contributed by atoms with van der Waals surface area (Å²) in [4.78, 5) is 30.9. The van der Waals surface area contributed by atoms with Crippen LogP contribution in [0.2, 0.25) is 0 Å². The first-order valence-corrected chi connectivity index (χ1v) is 11.0. The van der Waals surface area contributed by atoms with Crippen molar-refractivity contribution in [3.63, 3.8) is 0 Å². The van der Waals surface area contributed by atoms with Gasteiger partial charge >= 0.3 is 0 Å². The number of aryl methyl sites for hydroxylation is 1. The van der Waals surface area contributed by atoms with Gasteiger partial charge in [-0.15, -0.1) is 0 Å². The summed E-state index contributed by atoms with van der Waals surface area (Å²) in [5.41, 5.74) is 1.69. The minimum Gasteiger partial charge on any atom is -0.341 e. The number of hydrogen-bond donors (Lipinski definition) is 0. The van der Waals surface area contributed by atoms with Crippen molar-refractivity contribution in [2.75, 3.05) is 45.8 Å². The molecule has 0 saturated carbocycles.